The minimum absolute atomic E-state index is 0.0296. The summed E-state index contributed by atoms with van der Waals surface area (Å²) in [5, 5.41) is 3.01. The van der Waals surface area contributed by atoms with E-state index in [1.807, 2.05) is 24.3 Å². The number of amides is 3. The van der Waals surface area contributed by atoms with E-state index in [-0.39, 0.29) is 24.1 Å². The van der Waals surface area contributed by atoms with Crippen molar-refractivity contribution in [1.82, 2.24) is 14.6 Å². The van der Waals surface area contributed by atoms with Gasteiger partial charge in [-0.05, 0) is 49.6 Å². The molecule has 0 bridgehead atoms. The molecule has 3 amide bonds. The molecule has 9 nitrogen and oxygen atoms in total. The van der Waals surface area contributed by atoms with Crippen LogP contribution in [0.2, 0.25) is 0 Å². The van der Waals surface area contributed by atoms with Crippen molar-refractivity contribution in [1.29, 1.82) is 0 Å². The monoisotopic (exact) mass is 476 g/mol. The minimum Gasteiger partial charge on any atom is -0.351 e. The Kier molecular flexibility index (Phi) is 6.31. The molecular formula is C24H24N6O3S. The quantitative estimate of drug-likeness (QED) is 0.585. The smallest absolute Gasteiger partial charge is 0.270 e. The van der Waals surface area contributed by atoms with E-state index < -0.39 is 5.25 Å². The van der Waals surface area contributed by atoms with Gasteiger partial charge in [0.15, 0.2) is 5.17 Å². The van der Waals surface area contributed by atoms with E-state index in [4.69, 9.17) is 0 Å². The van der Waals surface area contributed by atoms with Gasteiger partial charge in [0.2, 0.25) is 5.91 Å². The van der Waals surface area contributed by atoms with Gasteiger partial charge >= 0.3 is 0 Å². The Labute approximate surface area is 200 Å². The van der Waals surface area contributed by atoms with Crippen LogP contribution < -0.4 is 10.7 Å². The molecule has 0 radical (unpaired) electrons. The second-order valence-corrected chi connectivity index (χ2v) is 9.43. The standard InChI is InChI=1S/C24H24N6O3S/c31-21(14-20-23(33)27-24(34-20)29-11-4-1-5-12-29)26-17-8-6-7-16(13-17)22(32)28-30-15-25-18-9-2-3-10-19(18)30/h2-3,6-10,13,15,20H,1,4-5,11-12,14H2,(H,26,31)(H,28,32). The highest BCUT2D eigenvalue weighted by Gasteiger charge is 2.33. The molecule has 2 aliphatic heterocycles. The summed E-state index contributed by atoms with van der Waals surface area (Å²) in [5.74, 6) is -0.888. The number of nitrogens with zero attached hydrogens (tertiary/aromatic N) is 4. The summed E-state index contributed by atoms with van der Waals surface area (Å²) < 4.78 is 1.56. The number of anilines is 1. The van der Waals surface area contributed by atoms with Crippen LogP contribution in [0.5, 0.6) is 0 Å². The van der Waals surface area contributed by atoms with Crippen LogP contribution in [0.15, 0.2) is 59.9 Å². The topological polar surface area (TPSA) is 109 Å². The number of rotatable bonds is 5. The lowest BCUT2D eigenvalue weighted by molar-refractivity contribution is -0.121. The predicted molar refractivity (Wildman–Crippen MR) is 132 cm³/mol. The molecule has 10 heteroatoms. The summed E-state index contributed by atoms with van der Waals surface area (Å²) >= 11 is 1.37. The number of imidazole rings is 1. The molecule has 1 aromatic heterocycles. The third-order valence-corrected chi connectivity index (χ3v) is 7.02. The number of carbonyl (C=O) groups is 3. The van der Waals surface area contributed by atoms with Crippen LogP contribution in [0.4, 0.5) is 5.69 Å². The number of benzene rings is 2. The fourth-order valence-electron chi connectivity index (χ4n) is 4.07. The number of amidine groups is 1. The zero-order chi connectivity index (χ0) is 23.5. The van der Waals surface area contributed by atoms with Gasteiger partial charge < -0.3 is 10.2 Å². The molecule has 0 spiro atoms. The third kappa shape index (κ3) is 4.81. The number of aliphatic imine (C=N–C) groups is 1. The molecule has 1 saturated heterocycles. The number of hydrogen-bond donors (Lipinski definition) is 2. The Balaban J connectivity index is 1.19. The molecule has 3 aromatic rings. The van der Waals surface area contributed by atoms with Crippen molar-refractivity contribution in [2.45, 2.75) is 30.9 Å². The minimum atomic E-state index is -0.516. The largest absolute Gasteiger partial charge is 0.351 e. The number of piperidine rings is 1. The van der Waals surface area contributed by atoms with E-state index in [9.17, 15) is 14.4 Å². The van der Waals surface area contributed by atoms with Crippen molar-refractivity contribution >= 4 is 51.4 Å². The van der Waals surface area contributed by atoms with Gasteiger partial charge in [0.05, 0.1) is 11.0 Å². The highest BCUT2D eigenvalue weighted by atomic mass is 32.2. The number of nitrogens with one attached hydrogen (secondary N) is 2. The Morgan fingerprint density at radius 2 is 1.88 bits per heavy atom. The van der Waals surface area contributed by atoms with Crippen molar-refractivity contribution in [2.75, 3.05) is 23.8 Å². The molecule has 2 aliphatic rings. The number of hydrogen-bond acceptors (Lipinski definition) is 6. The van der Waals surface area contributed by atoms with Gasteiger partial charge in [-0.1, -0.05) is 30.0 Å². The first-order valence-electron chi connectivity index (χ1n) is 11.2. The summed E-state index contributed by atoms with van der Waals surface area (Å²) in [5.41, 5.74) is 5.23. The van der Waals surface area contributed by atoms with Crippen LogP contribution in [-0.4, -0.2) is 55.8 Å². The molecule has 1 atom stereocenters. The highest BCUT2D eigenvalue weighted by Crippen LogP contribution is 2.29. The lowest BCUT2D eigenvalue weighted by Gasteiger charge is -2.27. The van der Waals surface area contributed by atoms with E-state index in [1.54, 1.807) is 35.3 Å². The summed E-state index contributed by atoms with van der Waals surface area (Å²) in [6, 6.07) is 14.2. The Hall–Kier alpha value is -3.66. The summed E-state index contributed by atoms with van der Waals surface area (Å²) in [7, 11) is 0. The average Bonchev–Trinajstić information content (AvgIpc) is 3.43. The van der Waals surface area contributed by atoms with Gasteiger partial charge in [0.1, 0.15) is 11.6 Å². The van der Waals surface area contributed by atoms with Crippen molar-refractivity contribution in [2.24, 2.45) is 4.99 Å². The normalized spacial score (nSPS) is 18.1. The second-order valence-electron chi connectivity index (χ2n) is 8.26. The zero-order valence-corrected chi connectivity index (χ0v) is 19.3. The molecule has 0 saturated carbocycles. The Morgan fingerprint density at radius 3 is 2.74 bits per heavy atom. The number of carbonyl (C=O) groups excluding carboxylic acids is 3. The molecule has 2 N–H and O–H groups in total. The number of para-hydroxylation sites is 2. The number of fused-ring (bicyclic) bond motifs is 1. The maximum absolute atomic E-state index is 12.8. The SMILES string of the molecule is O=C(CC1SC(N2CCCCC2)=NC1=O)Nc1cccc(C(=O)Nn2cnc3ccccc32)c1. The van der Waals surface area contributed by atoms with Gasteiger partial charge in [-0.2, -0.15) is 4.99 Å². The zero-order valence-electron chi connectivity index (χ0n) is 18.4. The van der Waals surface area contributed by atoms with Crippen molar-refractivity contribution in [3.05, 3.63) is 60.4 Å². The molecule has 2 aromatic carbocycles. The van der Waals surface area contributed by atoms with Crippen molar-refractivity contribution in [3.63, 3.8) is 0 Å². The first-order valence-corrected chi connectivity index (χ1v) is 12.1. The van der Waals surface area contributed by atoms with E-state index in [0.29, 0.717) is 11.3 Å². The fraction of sp³-hybridized carbons (Fsp3) is 0.292. The van der Waals surface area contributed by atoms with E-state index in [2.05, 4.69) is 25.6 Å². The molecule has 34 heavy (non-hydrogen) atoms. The summed E-state index contributed by atoms with van der Waals surface area (Å²) in [4.78, 5) is 48.3. The lowest BCUT2D eigenvalue weighted by atomic mass is 10.1. The predicted octanol–water partition coefficient (Wildman–Crippen LogP) is 3.23. The van der Waals surface area contributed by atoms with Crippen LogP contribution in [0.25, 0.3) is 11.0 Å². The highest BCUT2D eigenvalue weighted by molar-refractivity contribution is 8.15. The Bertz CT molecular complexity index is 1280. The second kappa shape index (κ2) is 9.68. The lowest BCUT2D eigenvalue weighted by Crippen LogP contribution is -2.33. The van der Waals surface area contributed by atoms with Crippen LogP contribution in [0.1, 0.15) is 36.0 Å². The molecule has 1 unspecified atom stereocenters. The van der Waals surface area contributed by atoms with Gasteiger partial charge in [-0.15, -0.1) is 0 Å². The fourth-order valence-corrected chi connectivity index (χ4v) is 5.19. The van der Waals surface area contributed by atoms with Gasteiger partial charge in [-0.3, -0.25) is 19.8 Å². The van der Waals surface area contributed by atoms with Gasteiger partial charge in [0.25, 0.3) is 11.8 Å². The van der Waals surface area contributed by atoms with Gasteiger partial charge in [0, 0.05) is 30.8 Å². The molecule has 0 aliphatic carbocycles. The van der Waals surface area contributed by atoms with Crippen molar-refractivity contribution < 1.29 is 14.4 Å². The van der Waals surface area contributed by atoms with Crippen LogP contribution >= 0.6 is 11.8 Å². The number of likely N-dealkylation sites (tertiary alicyclic amines) is 1. The van der Waals surface area contributed by atoms with Crippen LogP contribution in [-0.2, 0) is 9.59 Å². The van der Waals surface area contributed by atoms with Crippen LogP contribution in [0.3, 0.4) is 0 Å². The van der Waals surface area contributed by atoms with E-state index in [0.717, 1.165) is 42.1 Å². The number of aromatic nitrogens is 2. The maximum Gasteiger partial charge on any atom is 0.270 e. The maximum atomic E-state index is 12.8. The van der Waals surface area contributed by atoms with Gasteiger partial charge in [-0.25, -0.2) is 9.66 Å². The summed E-state index contributed by atoms with van der Waals surface area (Å²) in [6.07, 6.45) is 4.97. The molecule has 5 rings (SSSR count). The average molecular weight is 477 g/mol. The summed E-state index contributed by atoms with van der Waals surface area (Å²) in [6.45, 7) is 1.81. The van der Waals surface area contributed by atoms with Crippen LogP contribution in [0, 0.1) is 0 Å². The van der Waals surface area contributed by atoms with E-state index >= 15 is 0 Å². The van der Waals surface area contributed by atoms with Crippen molar-refractivity contribution in [3.8, 4) is 0 Å². The molecular weight excluding hydrogens is 452 g/mol. The molecule has 1 fully saturated rings. The van der Waals surface area contributed by atoms with E-state index in [1.165, 1.54) is 18.2 Å². The molecule has 3 heterocycles. The molecule has 174 valence electrons. The Morgan fingerprint density at radius 1 is 1.06 bits per heavy atom. The first-order chi connectivity index (χ1) is 16.6. The number of thioether (sulfide) groups is 1. The first kappa shape index (κ1) is 22.1. The third-order valence-electron chi connectivity index (χ3n) is 5.81.